The number of aromatic nitrogens is 5. The van der Waals surface area contributed by atoms with Gasteiger partial charge in [0.1, 0.15) is 11.7 Å². The summed E-state index contributed by atoms with van der Waals surface area (Å²) in [5.41, 5.74) is 0.529. The van der Waals surface area contributed by atoms with Crippen LogP contribution < -0.4 is 0 Å². The van der Waals surface area contributed by atoms with Gasteiger partial charge in [-0.15, -0.1) is 10.2 Å². The van der Waals surface area contributed by atoms with Crippen molar-refractivity contribution in [1.29, 1.82) is 0 Å². The summed E-state index contributed by atoms with van der Waals surface area (Å²) in [6, 6.07) is 1.92. The summed E-state index contributed by atoms with van der Waals surface area (Å²) in [6.07, 6.45) is 1.65. The molecular weight excluding hydrogens is 309 g/mol. The van der Waals surface area contributed by atoms with E-state index in [1.165, 1.54) is 0 Å². The lowest BCUT2D eigenvalue weighted by Crippen LogP contribution is -2.32. The van der Waals surface area contributed by atoms with Crippen LogP contribution in [0, 0.1) is 0 Å². The Kier molecular flexibility index (Phi) is 2.81. The maximum Gasteiger partial charge on any atom is 0.224 e. The highest BCUT2D eigenvalue weighted by atomic mass is 79.9. The van der Waals surface area contributed by atoms with Crippen LogP contribution in [-0.2, 0) is 4.74 Å². The third-order valence-corrected chi connectivity index (χ3v) is 3.12. The molecule has 1 fully saturated rings. The van der Waals surface area contributed by atoms with Crippen molar-refractivity contribution in [2.24, 2.45) is 0 Å². The molecule has 3 heterocycles. The highest BCUT2D eigenvalue weighted by Crippen LogP contribution is 2.25. The van der Waals surface area contributed by atoms with Gasteiger partial charge in [0, 0.05) is 10.7 Å². The van der Waals surface area contributed by atoms with Gasteiger partial charge in [-0.3, -0.25) is 4.98 Å². The van der Waals surface area contributed by atoms with Crippen molar-refractivity contribution < 1.29 is 4.74 Å². The van der Waals surface area contributed by atoms with Crippen LogP contribution in [0.25, 0.3) is 11.5 Å². The molecule has 2 aromatic rings. The van der Waals surface area contributed by atoms with Crippen molar-refractivity contribution in [2.45, 2.75) is 6.04 Å². The SMILES string of the molecule is Clc1cc(Br)cnc1-c1nnn(C2COC2)n1. The molecule has 2 aromatic heterocycles. The molecule has 0 aliphatic carbocycles. The van der Waals surface area contributed by atoms with Gasteiger partial charge in [-0.1, -0.05) is 11.6 Å². The van der Waals surface area contributed by atoms with Crippen molar-refractivity contribution in [3.05, 3.63) is 21.8 Å². The number of rotatable bonds is 2. The summed E-state index contributed by atoms with van der Waals surface area (Å²) in [4.78, 5) is 5.72. The predicted octanol–water partition coefficient (Wildman–Crippen LogP) is 1.72. The number of tetrazole rings is 1. The van der Waals surface area contributed by atoms with Crippen LogP contribution in [-0.4, -0.2) is 38.4 Å². The molecule has 0 atom stereocenters. The summed E-state index contributed by atoms with van der Waals surface area (Å²) in [7, 11) is 0. The molecule has 0 radical (unpaired) electrons. The minimum atomic E-state index is 0.172. The number of pyridine rings is 1. The predicted molar refractivity (Wildman–Crippen MR) is 63.6 cm³/mol. The van der Waals surface area contributed by atoms with Crippen LogP contribution in [0.15, 0.2) is 16.7 Å². The Hall–Kier alpha value is -1.05. The lowest BCUT2D eigenvalue weighted by Gasteiger charge is -2.23. The second-order valence-electron chi connectivity index (χ2n) is 3.61. The Labute approximate surface area is 110 Å². The summed E-state index contributed by atoms with van der Waals surface area (Å²) >= 11 is 9.36. The molecule has 6 nitrogen and oxygen atoms in total. The zero-order chi connectivity index (χ0) is 11.8. The third kappa shape index (κ3) is 2.05. The average molecular weight is 317 g/mol. The van der Waals surface area contributed by atoms with E-state index >= 15 is 0 Å². The average Bonchev–Trinajstić information content (AvgIpc) is 2.64. The van der Waals surface area contributed by atoms with Crippen LogP contribution in [0.1, 0.15) is 6.04 Å². The van der Waals surface area contributed by atoms with Gasteiger partial charge < -0.3 is 4.74 Å². The van der Waals surface area contributed by atoms with Crippen molar-refractivity contribution in [1.82, 2.24) is 25.2 Å². The Morgan fingerprint density at radius 2 is 2.29 bits per heavy atom. The highest BCUT2D eigenvalue weighted by molar-refractivity contribution is 9.10. The molecule has 0 saturated carbocycles. The molecule has 1 saturated heterocycles. The highest BCUT2D eigenvalue weighted by Gasteiger charge is 2.24. The van der Waals surface area contributed by atoms with Crippen LogP contribution in [0.5, 0.6) is 0 Å². The second kappa shape index (κ2) is 4.32. The van der Waals surface area contributed by atoms with E-state index in [1.54, 1.807) is 17.1 Å². The fraction of sp³-hybridized carbons (Fsp3) is 0.333. The summed E-state index contributed by atoms with van der Waals surface area (Å²) in [5, 5.41) is 12.6. The van der Waals surface area contributed by atoms with Crippen molar-refractivity contribution in [3.8, 4) is 11.5 Å². The molecule has 0 N–H and O–H groups in total. The van der Waals surface area contributed by atoms with Gasteiger partial charge >= 0.3 is 0 Å². The van der Waals surface area contributed by atoms with Gasteiger partial charge in [-0.25, -0.2) is 0 Å². The third-order valence-electron chi connectivity index (χ3n) is 2.39. The number of hydrogen-bond acceptors (Lipinski definition) is 5. The van der Waals surface area contributed by atoms with Crippen molar-refractivity contribution in [3.63, 3.8) is 0 Å². The summed E-state index contributed by atoms with van der Waals surface area (Å²) in [5.74, 6) is 0.425. The smallest absolute Gasteiger partial charge is 0.224 e. The molecule has 0 bridgehead atoms. The summed E-state index contributed by atoms with van der Waals surface area (Å²) in [6.45, 7) is 1.24. The first kappa shape index (κ1) is 11.1. The number of halogens is 2. The molecule has 0 unspecified atom stereocenters. The van der Waals surface area contributed by atoms with E-state index in [9.17, 15) is 0 Å². The molecule has 3 rings (SSSR count). The Balaban J connectivity index is 1.94. The van der Waals surface area contributed by atoms with Crippen LogP contribution in [0.3, 0.4) is 0 Å². The van der Waals surface area contributed by atoms with E-state index in [1.807, 2.05) is 0 Å². The van der Waals surface area contributed by atoms with E-state index in [0.29, 0.717) is 29.8 Å². The van der Waals surface area contributed by atoms with Crippen molar-refractivity contribution in [2.75, 3.05) is 13.2 Å². The molecule has 0 amide bonds. The van der Waals surface area contributed by atoms with E-state index in [-0.39, 0.29) is 6.04 Å². The van der Waals surface area contributed by atoms with Crippen LogP contribution in [0.4, 0.5) is 0 Å². The zero-order valence-corrected chi connectivity index (χ0v) is 10.9. The quantitative estimate of drug-likeness (QED) is 0.844. The van der Waals surface area contributed by atoms with Gasteiger partial charge in [-0.05, 0) is 27.2 Å². The van der Waals surface area contributed by atoms with Crippen molar-refractivity contribution >= 4 is 27.5 Å². The molecular formula is C9H7BrClN5O. The van der Waals surface area contributed by atoms with Gasteiger partial charge in [0.2, 0.25) is 5.82 Å². The monoisotopic (exact) mass is 315 g/mol. The van der Waals surface area contributed by atoms with Crippen LogP contribution >= 0.6 is 27.5 Å². The van der Waals surface area contributed by atoms with E-state index in [0.717, 1.165) is 4.47 Å². The molecule has 88 valence electrons. The van der Waals surface area contributed by atoms with E-state index < -0.39 is 0 Å². The number of hydrogen-bond donors (Lipinski definition) is 0. The first-order valence-electron chi connectivity index (χ1n) is 4.93. The van der Waals surface area contributed by atoms with Crippen LogP contribution in [0.2, 0.25) is 5.02 Å². The molecule has 1 aliphatic heterocycles. The number of ether oxygens (including phenoxy) is 1. The standard InChI is InChI=1S/C9H7BrClN5O/c10-5-1-7(11)8(12-2-5)9-13-15-16(14-9)6-3-17-4-6/h1-2,6H,3-4H2. The number of nitrogens with zero attached hydrogens (tertiary/aromatic N) is 5. The normalized spacial score (nSPS) is 15.9. The molecule has 0 spiro atoms. The lowest BCUT2D eigenvalue weighted by molar-refractivity contribution is -0.0354. The molecule has 0 aromatic carbocycles. The van der Waals surface area contributed by atoms with Gasteiger partial charge in [0.05, 0.1) is 18.2 Å². The largest absolute Gasteiger partial charge is 0.377 e. The Morgan fingerprint density at radius 3 is 2.94 bits per heavy atom. The minimum Gasteiger partial charge on any atom is -0.377 e. The first-order chi connectivity index (χ1) is 8.24. The molecule has 17 heavy (non-hydrogen) atoms. The van der Waals surface area contributed by atoms with Gasteiger partial charge in [0.15, 0.2) is 0 Å². The Bertz CT molecular complexity index is 556. The molecule has 1 aliphatic rings. The lowest BCUT2D eigenvalue weighted by atomic mass is 10.3. The maximum atomic E-state index is 6.07. The Morgan fingerprint density at radius 1 is 1.47 bits per heavy atom. The maximum absolute atomic E-state index is 6.07. The molecule has 8 heteroatoms. The second-order valence-corrected chi connectivity index (χ2v) is 4.93. The summed E-state index contributed by atoms with van der Waals surface area (Å²) < 4.78 is 5.88. The first-order valence-corrected chi connectivity index (χ1v) is 6.10. The topological polar surface area (TPSA) is 65.7 Å². The fourth-order valence-corrected chi connectivity index (χ4v) is 2.12. The van der Waals surface area contributed by atoms with E-state index in [2.05, 4.69) is 36.3 Å². The van der Waals surface area contributed by atoms with Gasteiger partial charge in [-0.2, -0.15) is 4.80 Å². The zero-order valence-electron chi connectivity index (χ0n) is 8.55. The fourth-order valence-electron chi connectivity index (χ4n) is 1.41. The van der Waals surface area contributed by atoms with Gasteiger partial charge in [0.25, 0.3) is 0 Å². The van der Waals surface area contributed by atoms with E-state index in [4.69, 9.17) is 16.3 Å². The minimum absolute atomic E-state index is 0.172.